The number of hydrogen-bond donors (Lipinski definition) is 2. The van der Waals surface area contributed by atoms with E-state index in [1.165, 1.54) is 0 Å². The van der Waals surface area contributed by atoms with Gasteiger partial charge in [0, 0.05) is 14.2 Å². The van der Waals surface area contributed by atoms with Crippen molar-refractivity contribution in [2.45, 2.75) is 38.4 Å². The monoisotopic (exact) mass is 297 g/mol. The summed E-state index contributed by atoms with van der Waals surface area (Å²) in [5.41, 5.74) is 0. The average molecular weight is 297 g/mol. The molecule has 0 aromatic carbocycles. The first-order valence-electron chi connectivity index (χ1n) is 4.89. The molecule has 0 fully saturated rings. The van der Waals surface area contributed by atoms with Crippen LogP contribution in [0.25, 0.3) is 0 Å². The Morgan fingerprint density at radius 2 is 1.37 bits per heavy atom. The Balaban J connectivity index is 0. The molecule has 2 N–H and O–H groups in total. The van der Waals surface area contributed by atoms with Gasteiger partial charge >= 0.3 is 18.1 Å². The zero-order valence-corrected chi connectivity index (χ0v) is 10.7. The fraction of sp³-hybridized carbons (Fsp3) is 0.889. The third-order valence-corrected chi connectivity index (χ3v) is 1.80. The van der Waals surface area contributed by atoms with Crippen LogP contribution in [0, 0.1) is 0 Å². The van der Waals surface area contributed by atoms with Gasteiger partial charge in [0.15, 0.2) is 0 Å². The number of methoxy groups -OCH3 is 2. The van der Waals surface area contributed by atoms with Gasteiger partial charge in [0.25, 0.3) is 0 Å². The Morgan fingerprint density at radius 1 is 1.05 bits per heavy atom. The molecule has 0 radical (unpaired) electrons. The largest absolute Gasteiger partial charge is 0.477 e. The van der Waals surface area contributed by atoms with Crippen LogP contribution in [0.4, 0.5) is 22.0 Å². The number of carbonyl (C=O) groups is 1. The molecule has 0 saturated carbocycles. The summed E-state index contributed by atoms with van der Waals surface area (Å²) < 4.78 is 65.4. The van der Waals surface area contributed by atoms with Gasteiger partial charge in [0.1, 0.15) is 12.5 Å². The van der Waals surface area contributed by atoms with Gasteiger partial charge in [0.2, 0.25) is 0 Å². The lowest BCUT2D eigenvalue weighted by Gasteiger charge is -2.16. The van der Waals surface area contributed by atoms with Crippen LogP contribution in [-0.4, -0.2) is 49.9 Å². The van der Waals surface area contributed by atoms with Gasteiger partial charge in [-0.1, -0.05) is 0 Å². The summed E-state index contributed by atoms with van der Waals surface area (Å²) >= 11 is 0. The number of carboxylic acid groups (broad SMARTS) is 1. The van der Waals surface area contributed by atoms with Gasteiger partial charge in [-0.15, -0.1) is 0 Å². The maximum atomic E-state index is 11.3. The van der Waals surface area contributed by atoms with Crippen LogP contribution in [-0.2, 0) is 14.3 Å². The van der Waals surface area contributed by atoms with Gasteiger partial charge in [-0.05, 0) is 13.8 Å². The summed E-state index contributed by atoms with van der Waals surface area (Å²) in [5, 5.41) is 10.3. The van der Waals surface area contributed by atoms with Crippen LogP contribution in [0.15, 0.2) is 0 Å². The van der Waals surface area contributed by atoms with E-state index in [1.54, 1.807) is 14.2 Å². The highest BCUT2D eigenvalue weighted by Gasteiger charge is 2.64. The molecular weight excluding hydrogens is 281 g/mol. The molecular formula is C9H16F5NO4. The molecule has 116 valence electrons. The summed E-state index contributed by atoms with van der Waals surface area (Å²) in [4.78, 5) is 9.20. The molecule has 0 aliphatic heterocycles. The lowest BCUT2D eigenvalue weighted by molar-refractivity contribution is -0.277. The van der Waals surface area contributed by atoms with Crippen molar-refractivity contribution in [1.29, 1.82) is 0 Å². The van der Waals surface area contributed by atoms with Crippen molar-refractivity contribution >= 4 is 5.97 Å². The number of ether oxygens (including phenoxy) is 2. The van der Waals surface area contributed by atoms with E-state index in [2.05, 4.69) is 5.32 Å². The van der Waals surface area contributed by atoms with Gasteiger partial charge < -0.3 is 14.6 Å². The minimum absolute atomic E-state index is 0.0555. The fourth-order valence-electron chi connectivity index (χ4n) is 0.588. The second-order valence-electron chi connectivity index (χ2n) is 3.30. The number of carboxylic acids is 1. The molecule has 0 saturated heterocycles. The molecule has 0 bridgehead atoms. The van der Waals surface area contributed by atoms with Crippen molar-refractivity contribution < 1.29 is 41.3 Å². The van der Waals surface area contributed by atoms with E-state index in [0.717, 1.165) is 0 Å². The van der Waals surface area contributed by atoms with E-state index >= 15 is 0 Å². The van der Waals surface area contributed by atoms with Crippen molar-refractivity contribution in [1.82, 2.24) is 5.32 Å². The molecule has 19 heavy (non-hydrogen) atoms. The maximum absolute atomic E-state index is 11.3. The fourth-order valence-corrected chi connectivity index (χ4v) is 0.588. The summed E-state index contributed by atoms with van der Waals surface area (Å²) in [6, 6.07) is 0. The summed E-state index contributed by atoms with van der Waals surface area (Å²) in [6.07, 6.45) is -5.90. The van der Waals surface area contributed by atoms with E-state index in [1.807, 2.05) is 13.8 Å². The van der Waals surface area contributed by atoms with Gasteiger partial charge in [-0.25, -0.2) is 4.79 Å². The van der Waals surface area contributed by atoms with Crippen LogP contribution in [0.5, 0.6) is 0 Å². The SMILES string of the molecule is COC(C)NC(C)OC.O=C(O)C(F)(F)C(F)(F)F. The molecule has 0 aliphatic carbocycles. The van der Waals surface area contributed by atoms with Crippen LogP contribution in [0.1, 0.15) is 13.8 Å². The van der Waals surface area contributed by atoms with Crippen molar-refractivity contribution in [3.05, 3.63) is 0 Å². The first-order valence-corrected chi connectivity index (χ1v) is 4.89. The highest BCUT2D eigenvalue weighted by Crippen LogP contribution is 2.35. The molecule has 2 unspecified atom stereocenters. The number of aliphatic carboxylic acids is 1. The smallest absolute Gasteiger partial charge is 0.465 e. The molecule has 0 aromatic rings. The van der Waals surface area contributed by atoms with Crippen LogP contribution < -0.4 is 5.32 Å². The third-order valence-electron chi connectivity index (χ3n) is 1.80. The van der Waals surface area contributed by atoms with E-state index in [0.29, 0.717) is 0 Å². The average Bonchev–Trinajstić information content (AvgIpc) is 2.27. The highest BCUT2D eigenvalue weighted by molar-refractivity contribution is 5.76. The van der Waals surface area contributed by atoms with E-state index in [9.17, 15) is 26.7 Å². The number of halogens is 5. The normalized spacial score (nSPS) is 15.2. The Labute approximate surface area is 106 Å². The third kappa shape index (κ3) is 7.90. The molecule has 10 heteroatoms. The van der Waals surface area contributed by atoms with Crippen molar-refractivity contribution in [3.63, 3.8) is 0 Å². The molecule has 0 aromatic heterocycles. The molecule has 0 aliphatic rings. The first kappa shape index (κ1) is 20.3. The second kappa shape index (κ2) is 8.23. The minimum Gasteiger partial charge on any atom is -0.477 e. The maximum Gasteiger partial charge on any atom is 0.465 e. The summed E-state index contributed by atoms with van der Waals surface area (Å²) in [5.74, 6) is -8.84. The second-order valence-corrected chi connectivity index (χ2v) is 3.30. The van der Waals surface area contributed by atoms with E-state index in [4.69, 9.17) is 14.6 Å². The summed E-state index contributed by atoms with van der Waals surface area (Å²) in [7, 11) is 3.31. The predicted octanol–water partition coefficient (Wildman–Crippen LogP) is 1.83. The van der Waals surface area contributed by atoms with Crippen LogP contribution in [0.3, 0.4) is 0 Å². The molecule has 2 atom stereocenters. The van der Waals surface area contributed by atoms with Crippen molar-refractivity contribution in [2.75, 3.05) is 14.2 Å². The van der Waals surface area contributed by atoms with Gasteiger partial charge in [0.05, 0.1) is 0 Å². The van der Waals surface area contributed by atoms with Gasteiger partial charge in [-0.3, -0.25) is 5.32 Å². The lowest BCUT2D eigenvalue weighted by atomic mass is 10.3. The van der Waals surface area contributed by atoms with E-state index < -0.39 is 18.1 Å². The van der Waals surface area contributed by atoms with Crippen LogP contribution >= 0.6 is 0 Å². The first-order chi connectivity index (χ1) is 8.40. The number of rotatable bonds is 5. The Morgan fingerprint density at radius 3 is 1.47 bits per heavy atom. The standard InChI is InChI=1S/C6H15NO2.C3HF5O2/c1-5(8-3)7-6(2)9-4;4-2(5,1(9)10)3(6,7)8/h5-7H,1-4H3;(H,9,10). The topological polar surface area (TPSA) is 67.8 Å². The van der Waals surface area contributed by atoms with Crippen LogP contribution in [0.2, 0.25) is 0 Å². The van der Waals surface area contributed by atoms with Crippen molar-refractivity contribution in [3.8, 4) is 0 Å². The Kier molecular flexibility index (Phi) is 8.80. The Bertz CT molecular complexity index is 264. The highest BCUT2D eigenvalue weighted by atomic mass is 19.4. The molecule has 0 heterocycles. The molecule has 0 spiro atoms. The van der Waals surface area contributed by atoms with Crippen molar-refractivity contribution in [2.24, 2.45) is 0 Å². The number of hydrogen-bond acceptors (Lipinski definition) is 4. The molecule has 0 amide bonds. The zero-order chi connectivity index (χ0) is 15.9. The predicted molar refractivity (Wildman–Crippen MR) is 54.7 cm³/mol. The van der Waals surface area contributed by atoms with E-state index in [-0.39, 0.29) is 12.5 Å². The lowest BCUT2D eigenvalue weighted by Crippen LogP contribution is -2.43. The molecule has 0 rings (SSSR count). The quantitative estimate of drug-likeness (QED) is 0.598. The number of nitrogens with one attached hydrogen (secondary N) is 1. The minimum atomic E-state index is -6.02. The molecule has 5 nitrogen and oxygen atoms in total. The zero-order valence-electron chi connectivity index (χ0n) is 10.7. The number of alkyl halides is 5. The Hall–Kier alpha value is -1.00. The summed E-state index contributed by atoms with van der Waals surface area (Å²) in [6.45, 7) is 3.85. The van der Waals surface area contributed by atoms with Gasteiger partial charge in [-0.2, -0.15) is 22.0 Å².